The van der Waals surface area contributed by atoms with E-state index in [0.29, 0.717) is 10.0 Å². The highest BCUT2D eigenvalue weighted by atomic mass is 35.5. The van der Waals surface area contributed by atoms with Crippen LogP contribution in [0.5, 0.6) is 0 Å². The number of amides is 3. The molecule has 16 heteroatoms. The third-order valence-electron chi connectivity index (χ3n) is 6.78. The van der Waals surface area contributed by atoms with Gasteiger partial charge < -0.3 is 0 Å². The molecular weight excluding hydrogens is 647 g/mol. The number of benzene rings is 1. The Bertz CT molecular complexity index is 1420. The topological polar surface area (TPSA) is 118 Å². The zero-order valence-electron chi connectivity index (χ0n) is 18.4. The Labute approximate surface area is 247 Å². The number of nitrogens with zero attached hydrogens (tertiary/aromatic N) is 3. The second kappa shape index (κ2) is 9.05. The summed E-state index contributed by atoms with van der Waals surface area (Å²) in [5.41, 5.74) is -0.444. The van der Waals surface area contributed by atoms with Gasteiger partial charge in [0.2, 0.25) is 0 Å². The van der Waals surface area contributed by atoms with Crippen molar-refractivity contribution >= 4 is 110 Å². The minimum absolute atomic E-state index is 0.144. The number of nitro groups is 1. The Morgan fingerprint density at radius 1 is 0.974 bits per heavy atom. The second-order valence-corrected chi connectivity index (χ2v) is 12.9. The predicted molar refractivity (Wildman–Crippen MR) is 142 cm³/mol. The largest absolute Gasteiger partial charge is 0.291 e. The van der Waals surface area contributed by atoms with Crippen molar-refractivity contribution in [3.05, 3.63) is 72.4 Å². The Kier molecular flexibility index (Phi) is 6.59. The number of imide groups is 1. The molecule has 2 fully saturated rings. The molecule has 0 radical (unpaired) electrons. The van der Waals surface area contributed by atoms with E-state index in [0.717, 1.165) is 35.6 Å². The SMILES string of the molecule is O=C(CN(C(=O)c1ccc([N+](=O)[O-])cc1)N1C(=O)[C@@H]2[C@H](C1=O)[C@@]1(Cl)C(Cl)=C(Cl)[C@@]2(Cl)C1(Cl)Cl)c1cccs1. The van der Waals surface area contributed by atoms with E-state index in [9.17, 15) is 29.3 Å². The van der Waals surface area contributed by atoms with Crippen molar-refractivity contribution in [1.82, 2.24) is 10.0 Å². The zero-order chi connectivity index (χ0) is 27.9. The number of thiophene rings is 1. The van der Waals surface area contributed by atoms with Gasteiger partial charge in [0.15, 0.2) is 10.1 Å². The number of alkyl halides is 4. The lowest BCUT2D eigenvalue weighted by molar-refractivity contribution is -0.384. The van der Waals surface area contributed by atoms with Gasteiger partial charge in [-0.15, -0.1) is 34.5 Å². The van der Waals surface area contributed by atoms with Gasteiger partial charge in [0, 0.05) is 17.7 Å². The summed E-state index contributed by atoms with van der Waals surface area (Å²) in [4.78, 5) is 60.6. The number of fused-ring (bicyclic) bond motifs is 5. The van der Waals surface area contributed by atoms with Crippen LogP contribution in [0.1, 0.15) is 20.0 Å². The van der Waals surface area contributed by atoms with Crippen LogP contribution in [-0.4, -0.2) is 59.1 Å². The van der Waals surface area contributed by atoms with Crippen LogP contribution >= 0.6 is 80.9 Å². The van der Waals surface area contributed by atoms with Gasteiger partial charge in [-0.2, -0.15) is 5.01 Å². The maximum Gasteiger partial charge on any atom is 0.273 e. The number of ketones is 1. The molecule has 2 bridgehead atoms. The molecule has 1 saturated carbocycles. The van der Waals surface area contributed by atoms with Gasteiger partial charge in [-0.1, -0.05) is 52.5 Å². The van der Waals surface area contributed by atoms with Crippen LogP contribution in [0.25, 0.3) is 0 Å². The van der Waals surface area contributed by atoms with E-state index in [1.165, 1.54) is 6.07 Å². The predicted octanol–water partition coefficient (Wildman–Crippen LogP) is 5.34. The summed E-state index contributed by atoms with van der Waals surface area (Å²) >= 11 is 40.2. The molecule has 3 amide bonds. The van der Waals surface area contributed by atoms with Gasteiger partial charge in [-0.05, 0) is 23.6 Å². The van der Waals surface area contributed by atoms with Gasteiger partial charge in [0.05, 0.1) is 31.7 Å². The fourth-order valence-corrected chi connectivity index (χ4v) is 8.56. The van der Waals surface area contributed by atoms with E-state index in [-0.39, 0.29) is 26.2 Å². The van der Waals surface area contributed by atoms with Crippen LogP contribution in [0.4, 0.5) is 5.69 Å². The molecule has 2 aliphatic carbocycles. The summed E-state index contributed by atoms with van der Waals surface area (Å²) in [6.45, 7) is -0.736. The number of carbonyl (C=O) groups excluding carboxylic acids is 4. The number of carbonyl (C=O) groups is 4. The van der Waals surface area contributed by atoms with Crippen LogP contribution in [0.15, 0.2) is 51.8 Å². The highest BCUT2D eigenvalue weighted by molar-refractivity contribution is 7.12. The smallest absolute Gasteiger partial charge is 0.273 e. The van der Waals surface area contributed by atoms with E-state index in [4.69, 9.17) is 69.6 Å². The lowest BCUT2D eigenvalue weighted by atomic mass is 9.84. The minimum atomic E-state index is -2.18. The number of hydrogen-bond donors (Lipinski definition) is 0. The number of non-ortho nitro benzene ring substituents is 1. The first-order valence-corrected chi connectivity index (χ1v) is 13.7. The number of nitro benzene ring substituents is 1. The van der Waals surface area contributed by atoms with E-state index >= 15 is 0 Å². The lowest BCUT2D eigenvalue weighted by Crippen LogP contribution is -2.56. The number of allylic oxidation sites excluding steroid dienone is 2. The number of halogens is 6. The summed E-state index contributed by atoms with van der Waals surface area (Å²) in [6, 6.07) is 7.50. The first-order valence-electron chi connectivity index (χ1n) is 10.5. The molecule has 9 nitrogen and oxygen atoms in total. The first-order chi connectivity index (χ1) is 17.7. The summed E-state index contributed by atoms with van der Waals surface area (Å²) in [5, 5.41) is 13.2. The molecule has 1 aliphatic heterocycles. The Balaban J connectivity index is 1.59. The van der Waals surface area contributed by atoms with Crippen LogP contribution in [0, 0.1) is 22.0 Å². The summed E-state index contributed by atoms with van der Waals surface area (Å²) < 4.78 is -2.18. The van der Waals surface area contributed by atoms with Gasteiger partial charge in [0.25, 0.3) is 23.4 Å². The average molecular weight is 658 g/mol. The third-order valence-corrected chi connectivity index (χ3v) is 11.9. The fourth-order valence-electron chi connectivity index (χ4n) is 4.98. The molecule has 0 N–H and O–H groups in total. The summed E-state index contributed by atoms with van der Waals surface area (Å²) in [6.07, 6.45) is 0. The lowest BCUT2D eigenvalue weighted by Gasteiger charge is -2.36. The Morgan fingerprint density at radius 2 is 1.50 bits per heavy atom. The molecule has 198 valence electrons. The van der Waals surface area contributed by atoms with Crippen molar-refractivity contribution in [2.24, 2.45) is 11.8 Å². The van der Waals surface area contributed by atoms with Crippen LogP contribution in [0.3, 0.4) is 0 Å². The number of hydrogen-bond acceptors (Lipinski definition) is 7. The molecule has 3 aliphatic rings. The summed E-state index contributed by atoms with van der Waals surface area (Å²) in [7, 11) is 0. The molecule has 5 rings (SSSR count). The third kappa shape index (κ3) is 3.38. The van der Waals surface area contributed by atoms with Gasteiger partial charge in [0.1, 0.15) is 16.3 Å². The second-order valence-electron chi connectivity index (χ2n) is 8.64. The normalized spacial score (nSPS) is 29.2. The standard InChI is InChI=1S/C22H11Cl6N3O6S/c23-15-16(24)21(26)14-13(20(15,25)22(21,27)28)18(34)30(19(14)35)29(8-11(32)12-2-1-7-38-12)17(33)9-3-5-10(6-4-9)31(36)37/h1-7,13-14H,8H2/t13-,14+,20-,21-/m1/s1. The Hall–Kier alpha value is -1.92. The van der Waals surface area contributed by atoms with E-state index in [1.807, 2.05) is 0 Å². The quantitative estimate of drug-likeness (QED) is 0.136. The minimum Gasteiger partial charge on any atom is -0.291 e. The van der Waals surface area contributed by atoms with Crippen molar-refractivity contribution in [1.29, 1.82) is 0 Å². The summed E-state index contributed by atoms with van der Waals surface area (Å²) in [5.74, 6) is -6.67. The van der Waals surface area contributed by atoms with E-state index < -0.39 is 60.9 Å². The van der Waals surface area contributed by atoms with Gasteiger partial charge in [-0.3, -0.25) is 29.3 Å². The molecule has 4 atom stereocenters. The monoisotopic (exact) mass is 655 g/mol. The van der Waals surface area contributed by atoms with Crippen LogP contribution in [-0.2, 0) is 9.59 Å². The highest BCUT2D eigenvalue weighted by Crippen LogP contribution is 2.77. The molecule has 38 heavy (non-hydrogen) atoms. The van der Waals surface area contributed by atoms with E-state index in [1.54, 1.807) is 11.4 Å². The number of hydrazine groups is 1. The molecular formula is C22H11Cl6N3O6S. The maximum atomic E-state index is 13.8. The molecule has 0 spiro atoms. The molecule has 1 saturated heterocycles. The highest BCUT2D eigenvalue weighted by Gasteiger charge is 2.88. The van der Waals surface area contributed by atoms with Gasteiger partial charge >= 0.3 is 0 Å². The van der Waals surface area contributed by atoms with Crippen molar-refractivity contribution in [2.75, 3.05) is 6.54 Å². The molecule has 0 unspecified atom stereocenters. The Morgan fingerprint density at radius 3 is 1.95 bits per heavy atom. The van der Waals surface area contributed by atoms with Crippen molar-refractivity contribution < 1.29 is 24.1 Å². The molecule has 2 aromatic rings. The maximum absolute atomic E-state index is 13.8. The molecule has 1 aromatic carbocycles. The molecule has 2 heterocycles. The van der Waals surface area contributed by atoms with Crippen molar-refractivity contribution in [3.63, 3.8) is 0 Å². The van der Waals surface area contributed by atoms with Crippen molar-refractivity contribution in [3.8, 4) is 0 Å². The van der Waals surface area contributed by atoms with Gasteiger partial charge in [-0.25, -0.2) is 5.01 Å². The first kappa shape index (κ1) is 27.6. The van der Waals surface area contributed by atoms with Crippen LogP contribution < -0.4 is 0 Å². The number of rotatable bonds is 6. The fraction of sp³-hybridized carbons (Fsp3) is 0.273. The van der Waals surface area contributed by atoms with Crippen molar-refractivity contribution in [2.45, 2.75) is 14.1 Å². The number of Topliss-reactive ketones (excluding diaryl/α,β-unsaturated/α-hetero) is 1. The average Bonchev–Trinajstić information content (AvgIpc) is 3.56. The zero-order valence-corrected chi connectivity index (χ0v) is 23.7. The van der Waals surface area contributed by atoms with E-state index in [2.05, 4.69) is 0 Å². The van der Waals surface area contributed by atoms with Crippen LogP contribution in [0.2, 0.25) is 0 Å². The molecule has 1 aromatic heterocycles.